The van der Waals surface area contributed by atoms with Crippen LogP contribution >= 0.6 is 0 Å². The molecule has 0 rings (SSSR count). The zero-order chi connectivity index (χ0) is 14.1. The van der Waals surface area contributed by atoms with E-state index in [2.05, 4.69) is 52.6 Å². The van der Waals surface area contributed by atoms with E-state index in [4.69, 9.17) is 9.68 Å². The van der Waals surface area contributed by atoms with E-state index in [-0.39, 0.29) is 48.0 Å². The minimum Gasteiger partial charge on any atom is -1.00 e. The van der Waals surface area contributed by atoms with Crippen LogP contribution in [0.3, 0.4) is 0 Å². The van der Waals surface area contributed by atoms with Gasteiger partial charge in [0.05, 0.1) is 54.7 Å². The maximum atomic E-state index is 5.07. The van der Waals surface area contributed by atoms with Crippen molar-refractivity contribution >= 4 is 12.4 Å². The SMILES string of the molecule is C[N+](C)(C)CCO/N=C\C=N/OCC[N+](C)(C)C.[I-].[I-]. The fourth-order valence-corrected chi connectivity index (χ4v) is 0.875. The Morgan fingerprint density at radius 1 is 0.700 bits per heavy atom. The highest BCUT2D eigenvalue weighted by Gasteiger charge is 2.05. The summed E-state index contributed by atoms with van der Waals surface area (Å²) in [6, 6.07) is 0. The van der Waals surface area contributed by atoms with Crippen molar-refractivity contribution in [3.63, 3.8) is 0 Å². The fraction of sp³-hybridized carbons (Fsp3) is 0.833. The van der Waals surface area contributed by atoms with Crippen molar-refractivity contribution < 1.29 is 66.6 Å². The van der Waals surface area contributed by atoms with Gasteiger partial charge in [-0.15, -0.1) is 0 Å². The Morgan fingerprint density at radius 3 is 1.25 bits per heavy atom. The molecule has 6 nitrogen and oxygen atoms in total. The highest BCUT2D eigenvalue weighted by Crippen LogP contribution is 1.90. The molecule has 20 heavy (non-hydrogen) atoms. The van der Waals surface area contributed by atoms with Gasteiger partial charge in [-0.05, 0) is 0 Å². The average Bonchev–Trinajstić information content (AvgIpc) is 2.17. The standard InChI is InChI=1S/C12H28N4O2.2HI/c1-15(2,3)9-11-17-13-7-8-14-18-12-10-16(4,5)6;;/h7-8H,9-12H2,1-6H3;2*1H/q+2;;/p-2/b13-7-,14-8-;;. The second-order valence-corrected chi connectivity index (χ2v) is 6.20. The first-order valence-corrected chi connectivity index (χ1v) is 6.11. The topological polar surface area (TPSA) is 43.2 Å². The molecular weight excluding hydrogens is 486 g/mol. The Labute approximate surface area is 157 Å². The van der Waals surface area contributed by atoms with Crippen LogP contribution in [0.25, 0.3) is 0 Å². The van der Waals surface area contributed by atoms with E-state index in [0.29, 0.717) is 13.2 Å². The van der Waals surface area contributed by atoms with Gasteiger partial charge in [0.15, 0.2) is 13.2 Å². The van der Waals surface area contributed by atoms with E-state index in [1.54, 1.807) is 0 Å². The molecule has 0 amide bonds. The van der Waals surface area contributed by atoms with Crippen molar-refractivity contribution in [2.24, 2.45) is 10.3 Å². The molecule has 0 aromatic carbocycles. The lowest BCUT2D eigenvalue weighted by Crippen LogP contribution is -3.00. The third-order valence-corrected chi connectivity index (χ3v) is 2.04. The van der Waals surface area contributed by atoms with Crippen LogP contribution in [0.2, 0.25) is 0 Å². The number of halogens is 2. The van der Waals surface area contributed by atoms with Crippen molar-refractivity contribution in [1.29, 1.82) is 0 Å². The first kappa shape index (κ1) is 25.3. The number of rotatable bonds is 9. The molecule has 8 heteroatoms. The summed E-state index contributed by atoms with van der Waals surface area (Å²) in [6.07, 6.45) is 2.98. The van der Waals surface area contributed by atoms with Gasteiger partial charge in [-0.25, -0.2) is 0 Å². The Hall–Kier alpha value is 0.320. The minimum atomic E-state index is 0. The Balaban J connectivity index is -0.00000144. The van der Waals surface area contributed by atoms with Gasteiger partial charge >= 0.3 is 0 Å². The smallest absolute Gasteiger partial charge is 0.165 e. The van der Waals surface area contributed by atoms with E-state index in [1.807, 2.05) is 0 Å². The number of nitrogens with zero attached hydrogens (tertiary/aromatic N) is 4. The maximum absolute atomic E-state index is 5.07. The van der Waals surface area contributed by atoms with Crippen molar-refractivity contribution in [2.45, 2.75) is 0 Å². The molecule has 0 spiro atoms. The van der Waals surface area contributed by atoms with Crippen LogP contribution in [0.5, 0.6) is 0 Å². The summed E-state index contributed by atoms with van der Waals surface area (Å²) in [5.74, 6) is 0. The lowest BCUT2D eigenvalue weighted by atomic mass is 10.5. The number of hydrogen-bond acceptors (Lipinski definition) is 4. The third kappa shape index (κ3) is 23.4. The molecule has 0 N–H and O–H groups in total. The fourth-order valence-electron chi connectivity index (χ4n) is 0.875. The van der Waals surface area contributed by atoms with E-state index in [9.17, 15) is 0 Å². The first-order valence-electron chi connectivity index (χ1n) is 6.11. The van der Waals surface area contributed by atoms with Gasteiger partial charge in [0, 0.05) is 0 Å². The van der Waals surface area contributed by atoms with Crippen molar-refractivity contribution in [2.75, 3.05) is 68.6 Å². The summed E-state index contributed by atoms with van der Waals surface area (Å²) in [5, 5.41) is 7.51. The molecule has 0 saturated heterocycles. The van der Waals surface area contributed by atoms with Gasteiger partial charge in [0.2, 0.25) is 0 Å². The molecule has 0 heterocycles. The summed E-state index contributed by atoms with van der Waals surface area (Å²) in [4.78, 5) is 10.1. The van der Waals surface area contributed by atoms with Gasteiger partial charge < -0.3 is 66.6 Å². The third-order valence-electron chi connectivity index (χ3n) is 2.04. The molecule has 122 valence electrons. The molecule has 0 aliphatic rings. The Kier molecular flexibility index (Phi) is 16.5. The molecule has 0 radical (unpaired) electrons. The minimum absolute atomic E-state index is 0. The van der Waals surface area contributed by atoms with Gasteiger partial charge in [-0.3, -0.25) is 0 Å². The van der Waals surface area contributed by atoms with Crippen molar-refractivity contribution in [3.05, 3.63) is 0 Å². The van der Waals surface area contributed by atoms with Gasteiger partial charge in [-0.2, -0.15) is 0 Å². The van der Waals surface area contributed by atoms with E-state index in [0.717, 1.165) is 22.1 Å². The number of hydrogen-bond donors (Lipinski definition) is 0. The van der Waals surface area contributed by atoms with E-state index in [1.165, 1.54) is 12.4 Å². The molecule has 0 unspecified atom stereocenters. The van der Waals surface area contributed by atoms with Crippen LogP contribution in [0.15, 0.2) is 10.3 Å². The van der Waals surface area contributed by atoms with Crippen LogP contribution in [-0.2, 0) is 9.68 Å². The maximum Gasteiger partial charge on any atom is 0.165 e. The Morgan fingerprint density at radius 2 is 1.00 bits per heavy atom. The predicted molar refractivity (Wildman–Crippen MR) is 74.7 cm³/mol. The van der Waals surface area contributed by atoms with Gasteiger partial charge in [0.25, 0.3) is 0 Å². The molecular formula is C12H28I2N4O2. The molecule has 0 aliphatic carbocycles. The zero-order valence-corrected chi connectivity index (χ0v) is 17.7. The number of oxime groups is 2. The molecule has 0 aromatic rings. The van der Waals surface area contributed by atoms with Crippen molar-refractivity contribution in [3.8, 4) is 0 Å². The van der Waals surface area contributed by atoms with E-state index >= 15 is 0 Å². The zero-order valence-electron chi connectivity index (χ0n) is 13.3. The molecule has 0 aromatic heterocycles. The molecule has 0 atom stereocenters. The van der Waals surface area contributed by atoms with Crippen LogP contribution < -0.4 is 48.0 Å². The van der Waals surface area contributed by atoms with Gasteiger partial charge in [-0.1, -0.05) is 10.3 Å². The summed E-state index contributed by atoms with van der Waals surface area (Å²) in [7, 11) is 12.6. The van der Waals surface area contributed by atoms with Gasteiger partial charge in [0.1, 0.15) is 13.1 Å². The largest absolute Gasteiger partial charge is 1.00 e. The van der Waals surface area contributed by atoms with E-state index < -0.39 is 0 Å². The average molecular weight is 514 g/mol. The summed E-state index contributed by atoms with van der Waals surface area (Å²) in [6.45, 7) is 3.01. The summed E-state index contributed by atoms with van der Waals surface area (Å²) in [5.41, 5.74) is 0. The van der Waals surface area contributed by atoms with Crippen LogP contribution in [0, 0.1) is 0 Å². The number of quaternary nitrogens is 2. The molecule has 0 bridgehead atoms. The van der Waals surface area contributed by atoms with Crippen molar-refractivity contribution in [1.82, 2.24) is 0 Å². The Bertz CT molecular complexity index is 246. The van der Waals surface area contributed by atoms with Crippen LogP contribution in [0.4, 0.5) is 0 Å². The molecule has 0 aliphatic heterocycles. The normalized spacial score (nSPS) is 12.1. The highest BCUT2D eigenvalue weighted by atomic mass is 127. The lowest BCUT2D eigenvalue weighted by Gasteiger charge is -2.22. The predicted octanol–water partition coefficient (Wildman–Crippen LogP) is -5.59. The van der Waals surface area contributed by atoms with Crippen LogP contribution in [-0.4, -0.2) is 90.0 Å². The number of likely N-dealkylation sites (N-methyl/N-ethyl adjacent to an activating group) is 2. The monoisotopic (exact) mass is 514 g/mol. The van der Waals surface area contributed by atoms with Crippen LogP contribution in [0.1, 0.15) is 0 Å². The summed E-state index contributed by atoms with van der Waals surface area (Å²) < 4.78 is 1.72. The lowest BCUT2D eigenvalue weighted by molar-refractivity contribution is -0.870. The second kappa shape index (κ2) is 13.0. The highest BCUT2D eigenvalue weighted by molar-refractivity contribution is 6.15. The quantitative estimate of drug-likeness (QED) is 0.101. The molecule has 0 saturated carbocycles. The summed E-state index contributed by atoms with van der Waals surface area (Å²) >= 11 is 0. The molecule has 0 fully saturated rings. The second-order valence-electron chi connectivity index (χ2n) is 6.20. The first-order chi connectivity index (χ1) is 8.21.